The number of esters is 4. The lowest BCUT2D eigenvalue weighted by atomic mass is 9.90. The van der Waals surface area contributed by atoms with Crippen molar-refractivity contribution in [1.82, 2.24) is 10.6 Å². The molecule has 2 heterocycles. The second-order valence-electron chi connectivity index (χ2n) is 17.2. The molecule has 0 bridgehead atoms. The highest BCUT2D eigenvalue weighted by molar-refractivity contribution is 5.97. The number of amides is 2. The molecule has 5 aliphatic rings. The molecule has 15 nitrogen and oxygen atoms in total. The van der Waals surface area contributed by atoms with Crippen LogP contribution in [0, 0.1) is 17.3 Å². The first-order valence-electron chi connectivity index (χ1n) is 19.8. The minimum Gasteiger partial charge on any atom is -0.462 e. The Bertz CT molecular complexity index is 1770. The normalized spacial score (nSPS) is 25.4. The summed E-state index contributed by atoms with van der Waals surface area (Å²) in [4.78, 5) is 77.0. The second-order valence-corrected chi connectivity index (χ2v) is 17.2. The van der Waals surface area contributed by atoms with Gasteiger partial charge in [0.2, 0.25) is 17.9 Å². The first-order chi connectivity index (χ1) is 27.0. The Labute approximate surface area is 332 Å². The first-order valence-corrected chi connectivity index (χ1v) is 19.8. The molecule has 5 atom stereocenters. The highest BCUT2D eigenvalue weighted by Crippen LogP contribution is 2.59. The topological polar surface area (TPSA) is 202 Å². The summed E-state index contributed by atoms with van der Waals surface area (Å²) in [6.07, 6.45) is 4.97. The number of carbonyl (C=O) groups is 6. The molecule has 2 saturated heterocycles. The molecule has 57 heavy (non-hydrogen) atoms. The Balaban J connectivity index is 1.09. The van der Waals surface area contributed by atoms with Crippen LogP contribution < -0.4 is 10.6 Å². The fraction of sp³-hybridized carbons (Fsp3) is 0.619. The van der Waals surface area contributed by atoms with Gasteiger partial charge in [0.05, 0.1) is 18.2 Å². The molecule has 310 valence electrons. The van der Waals surface area contributed by atoms with E-state index in [0.717, 1.165) is 31.8 Å². The van der Waals surface area contributed by atoms with Crippen LogP contribution in [0.25, 0.3) is 6.08 Å². The second kappa shape index (κ2) is 17.1. The van der Waals surface area contributed by atoms with E-state index in [0.29, 0.717) is 11.1 Å². The van der Waals surface area contributed by atoms with Crippen LogP contribution in [0.5, 0.6) is 0 Å². The lowest BCUT2D eigenvalue weighted by Gasteiger charge is -2.31. The average molecular weight is 795 g/mol. The van der Waals surface area contributed by atoms with E-state index in [1.54, 1.807) is 65.0 Å². The number of fused-ring (bicyclic) bond motifs is 1. The first kappa shape index (κ1) is 42.0. The van der Waals surface area contributed by atoms with Crippen molar-refractivity contribution in [2.45, 2.75) is 128 Å². The zero-order valence-corrected chi connectivity index (χ0v) is 33.2. The van der Waals surface area contributed by atoms with Crippen molar-refractivity contribution in [3.8, 4) is 0 Å². The van der Waals surface area contributed by atoms with Crippen LogP contribution in [0.15, 0.2) is 42.0 Å². The minimum absolute atomic E-state index is 0.0161. The van der Waals surface area contributed by atoms with Gasteiger partial charge >= 0.3 is 23.9 Å². The number of ether oxygens (including phenoxy) is 6. The molecule has 2 aliphatic heterocycles. The number of aliphatic hydroxyl groups is 1. The van der Waals surface area contributed by atoms with Crippen LogP contribution in [0.1, 0.15) is 102 Å². The van der Waals surface area contributed by atoms with Crippen LogP contribution >= 0.6 is 0 Å². The van der Waals surface area contributed by atoms with E-state index in [4.69, 9.17) is 28.4 Å². The summed E-state index contributed by atoms with van der Waals surface area (Å²) in [5, 5.41) is 15.2. The zero-order valence-electron chi connectivity index (χ0n) is 33.2. The number of aliphatic hydroxyl groups excluding tert-OH is 1. The standard InChI is InChI=1S/C42H54N2O13/c1-40(2,3)56-34(48)17-15-28(22-45)44-32(46)18-19-43-37(49)25-20-30(35-31(21-25)55-42(57-35,26-11-12-26)27-13-14-27)53-38(50)29-9-7-6-8-24(29)10-16-33(47)54-36-39(51)52-23-41(36,4)5/h6-10,16,21,26-28,30-31,35-36,45H,11-15,17-20,22-23H2,1-5H3,(H,43,49)(H,44,46). The van der Waals surface area contributed by atoms with E-state index in [9.17, 15) is 33.9 Å². The number of carbonyl (C=O) groups excluding carboxylic acids is 6. The van der Waals surface area contributed by atoms with E-state index in [1.165, 1.54) is 6.08 Å². The molecule has 1 aromatic rings. The molecule has 0 spiro atoms. The molecule has 1 aromatic carbocycles. The summed E-state index contributed by atoms with van der Waals surface area (Å²) in [5.74, 6) is -3.78. The molecule has 4 fully saturated rings. The SMILES string of the molecule is CC(C)(C)OC(=O)CCC(CO)NC(=O)CCNC(=O)C1=CC2OC(C3CC3)(C3CC3)OC2C(OC(=O)c2ccccc2C=CC(=O)OC2C(=O)OCC2(C)C)C1. The summed E-state index contributed by atoms with van der Waals surface area (Å²) in [6.45, 7) is 8.53. The third kappa shape index (κ3) is 10.5. The van der Waals surface area contributed by atoms with E-state index in [1.807, 2.05) is 0 Å². The maximum Gasteiger partial charge on any atom is 0.348 e. The summed E-state index contributed by atoms with van der Waals surface area (Å²) < 4.78 is 35.2. The maximum atomic E-state index is 13.9. The average Bonchev–Trinajstić information content (AvgIpc) is 4.10. The van der Waals surface area contributed by atoms with Gasteiger partial charge in [-0.05, 0) is 76.7 Å². The fourth-order valence-electron chi connectivity index (χ4n) is 7.44. The van der Waals surface area contributed by atoms with Gasteiger partial charge in [0.15, 0.2) is 5.79 Å². The molecular formula is C42H54N2O13. The van der Waals surface area contributed by atoms with Crippen LogP contribution in [0.2, 0.25) is 0 Å². The maximum absolute atomic E-state index is 13.9. The Hall–Kier alpha value is -4.60. The summed E-state index contributed by atoms with van der Waals surface area (Å²) >= 11 is 0. The number of hydrogen-bond acceptors (Lipinski definition) is 13. The molecule has 3 N–H and O–H groups in total. The molecule has 5 unspecified atom stereocenters. The third-order valence-electron chi connectivity index (χ3n) is 10.6. The number of nitrogens with one attached hydrogen (secondary N) is 2. The molecule has 6 rings (SSSR count). The highest BCUT2D eigenvalue weighted by atomic mass is 16.8. The zero-order chi connectivity index (χ0) is 41.1. The predicted molar refractivity (Wildman–Crippen MR) is 202 cm³/mol. The smallest absolute Gasteiger partial charge is 0.348 e. The largest absolute Gasteiger partial charge is 0.462 e. The van der Waals surface area contributed by atoms with Gasteiger partial charge in [-0.25, -0.2) is 14.4 Å². The highest BCUT2D eigenvalue weighted by Gasteiger charge is 2.64. The molecular weight excluding hydrogens is 740 g/mol. The molecule has 3 aliphatic carbocycles. The molecule has 0 radical (unpaired) electrons. The lowest BCUT2D eigenvalue weighted by molar-refractivity contribution is -0.209. The van der Waals surface area contributed by atoms with E-state index < -0.39 is 83.0 Å². The fourth-order valence-corrected chi connectivity index (χ4v) is 7.44. The molecule has 2 amide bonds. The van der Waals surface area contributed by atoms with Gasteiger partial charge in [-0.1, -0.05) is 32.0 Å². The van der Waals surface area contributed by atoms with Crippen molar-refractivity contribution >= 4 is 41.8 Å². The Morgan fingerprint density at radius 1 is 1.00 bits per heavy atom. The molecule has 15 heteroatoms. The van der Waals surface area contributed by atoms with Crippen molar-refractivity contribution in [1.29, 1.82) is 0 Å². The summed E-state index contributed by atoms with van der Waals surface area (Å²) in [6, 6.07) is 5.89. The number of hydrogen-bond donors (Lipinski definition) is 3. The van der Waals surface area contributed by atoms with Gasteiger partial charge in [0.25, 0.3) is 0 Å². The van der Waals surface area contributed by atoms with E-state index >= 15 is 0 Å². The quantitative estimate of drug-likeness (QED) is 0.125. The lowest BCUT2D eigenvalue weighted by Crippen LogP contribution is -2.44. The molecule has 2 saturated carbocycles. The monoisotopic (exact) mass is 794 g/mol. The van der Waals surface area contributed by atoms with Crippen molar-refractivity contribution in [2.75, 3.05) is 19.8 Å². The van der Waals surface area contributed by atoms with Gasteiger partial charge in [-0.2, -0.15) is 0 Å². The van der Waals surface area contributed by atoms with Gasteiger partial charge in [-0.3, -0.25) is 14.4 Å². The Morgan fingerprint density at radius 2 is 1.70 bits per heavy atom. The van der Waals surface area contributed by atoms with Gasteiger partial charge < -0.3 is 44.2 Å². The Kier molecular flexibility index (Phi) is 12.6. The number of benzene rings is 1. The predicted octanol–water partition coefficient (Wildman–Crippen LogP) is 3.46. The Morgan fingerprint density at radius 3 is 2.33 bits per heavy atom. The van der Waals surface area contributed by atoms with Gasteiger partial charge in [-0.15, -0.1) is 0 Å². The van der Waals surface area contributed by atoms with E-state index in [2.05, 4.69) is 10.6 Å². The number of cyclic esters (lactones) is 1. The van der Waals surface area contributed by atoms with Crippen molar-refractivity contribution in [3.63, 3.8) is 0 Å². The van der Waals surface area contributed by atoms with Crippen LogP contribution in [0.3, 0.4) is 0 Å². The van der Waals surface area contributed by atoms with Crippen LogP contribution in [-0.4, -0.2) is 102 Å². The van der Waals surface area contributed by atoms with Crippen molar-refractivity contribution in [3.05, 3.63) is 53.1 Å². The van der Waals surface area contributed by atoms with Gasteiger partial charge in [0.1, 0.15) is 30.5 Å². The van der Waals surface area contributed by atoms with Gasteiger partial charge in [0, 0.05) is 54.7 Å². The summed E-state index contributed by atoms with van der Waals surface area (Å²) in [5.41, 5.74) is -0.484. The molecule has 0 aromatic heterocycles. The van der Waals surface area contributed by atoms with Crippen LogP contribution in [-0.2, 0) is 52.4 Å². The van der Waals surface area contributed by atoms with E-state index in [-0.39, 0.29) is 62.8 Å². The van der Waals surface area contributed by atoms with Crippen LogP contribution in [0.4, 0.5) is 0 Å². The third-order valence-corrected chi connectivity index (χ3v) is 10.6. The summed E-state index contributed by atoms with van der Waals surface area (Å²) in [7, 11) is 0. The number of rotatable bonds is 16. The van der Waals surface area contributed by atoms with Crippen molar-refractivity contribution in [2.24, 2.45) is 17.3 Å². The van der Waals surface area contributed by atoms with Crippen molar-refractivity contribution < 1.29 is 62.3 Å². The minimum atomic E-state index is -1.06.